The maximum atomic E-state index is 12.4. The molecule has 0 radical (unpaired) electrons. The van der Waals surface area contributed by atoms with Gasteiger partial charge < -0.3 is 5.11 Å². The summed E-state index contributed by atoms with van der Waals surface area (Å²) in [5, 5.41) is 8.57. The minimum atomic E-state index is -3.87. The maximum Gasteiger partial charge on any atom is 0.303 e. The molecule has 2 N–H and O–H groups in total. The van der Waals surface area contributed by atoms with Crippen molar-refractivity contribution < 1.29 is 26.7 Å². The predicted octanol–water partition coefficient (Wildman–Crippen LogP) is 0.842. The van der Waals surface area contributed by atoms with Crippen LogP contribution in [0.15, 0.2) is 17.0 Å². The van der Waals surface area contributed by atoms with Crippen molar-refractivity contribution in [1.29, 1.82) is 0 Å². The molecule has 0 saturated heterocycles. The Morgan fingerprint density at radius 1 is 1.17 bits per heavy atom. The first-order valence-electron chi connectivity index (χ1n) is 7.13. The van der Waals surface area contributed by atoms with Gasteiger partial charge in [-0.05, 0) is 37.5 Å². The third kappa shape index (κ3) is 5.18. The summed E-state index contributed by atoms with van der Waals surface area (Å²) >= 11 is 0. The van der Waals surface area contributed by atoms with E-state index in [-0.39, 0.29) is 30.0 Å². The zero-order valence-electron chi connectivity index (χ0n) is 14.0. The van der Waals surface area contributed by atoms with Gasteiger partial charge >= 0.3 is 5.97 Å². The third-order valence-electron chi connectivity index (χ3n) is 3.48. The Morgan fingerprint density at radius 3 is 2.25 bits per heavy atom. The van der Waals surface area contributed by atoms with Crippen LogP contribution in [0.4, 0.5) is 5.69 Å². The van der Waals surface area contributed by atoms with E-state index >= 15 is 0 Å². The number of aryl methyl sites for hydroxylation is 2. The van der Waals surface area contributed by atoms with Gasteiger partial charge in [0.25, 0.3) is 0 Å². The van der Waals surface area contributed by atoms with Gasteiger partial charge in [0.15, 0.2) is 0 Å². The average molecular weight is 378 g/mol. The van der Waals surface area contributed by atoms with Crippen molar-refractivity contribution in [2.75, 3.05) is 24.2 Å². The molecule has 0 aliphatic heterocycles. The fourth-order valence-corrected chi connectivity index (χ4v) is 4.03. The van der Waals surface area contributed by atoms with Crippen LogP contribution >= 0.6 is 0 Å². The number of nitrogens with zero attached hydrogens (tertiary/aromatic N) is 1. The summed E-state index contributed by atoms with van der Waals surface area (Å²) in [5.74, 6) is -1.00. The number of nitrogens with one attached hydrogen (secondary N) is 1. The Labute approximate surface area is 142 Å². The Balaban J connectivity index is 3.17. The quantitative estimate of drug-likeness (QED) is 0.647. The molecule has 0 atom stereocenters. The lowest BCUT2D eigenvalue weighted by Gasteiger charge is -2.21. The number of hydrogen-bond acceptors (Lipinski definition) is 5. The molecule has 0 fully saturated rings. The fraction of sp³-hybridized carbons (Fsp3) is 0.500. The zero-order valence-corrected chi connectivity index (χ0v) is 15.7. The number of benzene rings is 1. The number of aliphatic carboxylic acids is 1. The first kappa shape index (κ1) is 20.4. The number of sulfonamides is 2. The van der Waals surface area contributed by atoms with Crippen LogP contribution in [-0.2, 0) is 24.8 Å². The highest BCUT2D eigenvalue weighted by molar-refractivity contribution is 7.92. The normalized spacial score (nSPS) is 12.2. The minimum Gasteiger partial charge on any atom is -0.481 e. The summed E-state index contributed by atoms with van der Waals surface area (Å²) in [6.45, 7) is 3.29. The molecule has 0 unspecified atom stereocenters. The Morgan fingerprint density at radius 2 is 1.75 bits per heavy atom. The van der Waals surface area contributed by atoms with E-state index in [1.165, 1.54) is 13.1 Å². The predicted molar refractivity (Wildman–Crippen MR) is 91.2 cm³/mol. The van der Waals surface area contributed by atoms with Crippen molar-refractivity contribution in [3.8, 4) is 0 Å². The van der Waals surface area contributed by atoms with Crippen LogP contribution < -0.4 is 9.03 Å². The summed E-state index contributed by atoms with van der Waals surface area (Å²) in [4.78, 5) is 10.4. The van der Waals surface area contributed by atoms with Crippen molar-refractivity contribution in [1.82, 2.24) is 4.72 Å². The highest BCUT2D eigenvalue weighted by Crippen LogP contribution is 2.27. The van der Waals surface area contributed by atoms with Gasteiger partial charge in [-0.25, -0.2) is 21.6 Å². The zero-order chi connectivity index (χ0) is 18.7. The van der Waals surface area contributed by atoms with Crippen molar-refractivity contribution in [3.63, 3.8) is 0 Å². The van der Waals surface area contributed by atoms with Crippen molar-refractivity contribution in [3.05, 3.63) is 23.3 Å². The summed E-state index contributed by atoms with van der Waals surface area (Å²) in [6.07, 6.45) is 1.05. The van der Waals surface area contributed by atoms with E-state index in [4.69, 9.17) is 5.11 Å². The highest BCUT2D eigenvalue weighted by Gasteiger charge is 2.22. The van der Waals surface area contributed by atoms with E-state index < -0.39 is 26.0 Å². The molecule has 24 heavy (non-hydrogen) atoms. The molecule has 0 heterocycles. The second-order valence-corrected chi connectivity index (χ2v) is 9.28. The van der Waals surface area contributed by atoms with Gasteiger partial charge in [0.1, 0.15) is 0 Å². The van der Waals surface area contributed by atoms with Crippen LogP contribution in [0.1, 0.15) is 24.0 Å². The topological polar surface area (TPSA) is 121 Å². The molecule has 0 amide bonds. The van der Waals surface area contributed by atoms with Gasteiger partial charge in [-0.2, -0.15) is 0 Å². The van der Waals surface area contributed by atoms with Crippen molar-refractivity contribution in [2.24, 2.45) is 0 Å². The van der Waals surface area contributed by atoms with Crippen LogP contribution in [0.3, 0.4) is 0 Å². The van der Waals surface area contributed by atoms with Crippen molar-refractivity contribution in [2.45, 2.75) is 31.6 Å². The molecule has 1 aromatic carbocycles. The van der Waals surface area contributed by atoms with E-state index in [0.717, 1.165) is 10.6 Å². The smallest absolute Gasteiger partial charge is 0.303 e. The SMILES string of the molecule is Cc1cc(C)c(S(=O)(=O)NCCCC(=O)O)cc1N(C)S(C)(=O)=O. The number of carboxylic acids is 1. The lowest BCUT2D eigenvalue weighted by molar-refractivity contribution is -0.137. The van der Waals surface area contributed by atoms with E-state index in [1.54, 1.807) is 19.9 Å². The van der Waals surface area contributed by atoms with E-state index in [9.17, 15) is 21.6 Å². The summed E-state index contributed by atoms with van der Waals surface area (Å²) < 4.78 is 51.6. The van der Waals surface area contributed by atoms with E-state index in [2.05, 4.69) is 4.72 Å². The molecule has 0 saturated carbocycles. The Kier molecular flexibility index (Phi) is 6.37. The summed E-state index contributed by atoms with van der Waals surface area (Å²) in [5.41, 5.74) is 1.38. The van der Waals surface area contributed by atoms with Gasteiger partial charge in [0, 0.05) is 20.0 Å². The van der Waals surface area contributed by atoms with Gasteiger partial charge in [0.2, 0.25) is 20.0 Å². The van der Waals surface area contributed by atoms with Crippen LogP contribution in [0, 0.1) is 13.8 Å². The lowest BCUT2D eigenvalue weighted by Crippen LogP contribution is -2.28. The molecule has 0 bridgehead atoms. The van der Waals surface area contributed by atoms with Crippen LogP contribution in [0.5, 0.6) is 0 Å². The number of anilines is 1. The molecule has 0 aliphatic carbocycles. The molecule has 8 nitrogen and oxygen atoms in total. The van der Waals surface area contributed by atoms with Crippen LogP contribution in [-0.4, -0.2) is 47.8 Å². The molecule has 0 aliphatic rings. The third-order valence-corrected chi connectivity index (χ3v) is 6.27. The largest absolute Gasteiger partial charge is 0.481 e. The van der Waals surface area contributed by atoms with E-state index in [1.807, 2.05) is 0 Å². The molecule has 10 heteroatoms. The van der Waals surface area contributed by atoms with Gasteiger partial charge in [-0.15, -0.1) is 0 Å². The monoisotopic (exact) mass is 378 g/mol. The molecule has 0 aromatic heterocycles. The maximum absolute atomic E-state index is 12.4. The van der Waals surface area contributed by atoms with Gasteiger partial charge in [-0.3, -0.25) is 9.10 Å². The van der Waals surface area contributed by atoms with E-state index in [0.29, 0.717) is 11.1 Å². The Bertz CT molecular complexity index is 831. The van der Waals surface area contributed by atoms with Gasteiger partial charge in [-0.1, -0.05) is 6.07 Å². The molecular weight excluding hydrogens is 356 g/mol. The number of carbonyl (C=O) groups is 1. The minimum absolute atomic E-state index is 0.0147. The number of hydrogen-bond donors (Lipinski definition) is 2. The summed E-state index contributed by atoms with van der Waals surface area (Å²) in [7, 11) is -6.05. The molecule has 1 aromatic rings. The lowest BCUT2D eigenvalue weighted by atomic mass is 10.1. The molecule has 0 spiro atoms. The number of carboxylic acid groups (broad SMARTS) is 1. The second-order valence-electron chi connectivity index (χ2n) is 5.53. The Hall–Kier alpha value is -1.65. The number of rotatable bonds is 8. The average Bonchev–Trinajstić information content (AvgIpc) is 2.41. The second kappa shape index (κ2) is 7.49. The van der Waals surface area contributed by atoms with Crippen LogP contribution in [0.25, 0.3) is 0 Å². The standard InChI is InChI=1S/C14H22N2O6S2/c1-10-8-11(2)13(9-12(10)16(3)23(4,19)20)24(21,22)15-7-5-6-14(17)18/h8-9,15H,5-7H2,1-4H3,(H,17,18). The fourth-order valence-electron chi connectivity index (χ4n) is 2.15. The van der Waals surface area contributed by atoms with Gasteiger partial charge in [0.05, 0.1) is 16.8 Å². The van der Waals surface area contributed by atoms with Crippen LogP contribution in [0.2, 0.25) is 0 Å². The first-order chi connectivity index (χ1) is 10.9. The highest BCUT2D eigenvalue weighted by atomic mass is 32.2. The first-order valence-corrected chi connectivity index (χ1v) is 10.5. The molecular formula is C14H22N2O6S2. The molecule has 136 valence electrons. The molecule has 1 rings (SSSR count). The summed E-state index contributed by atoms with van der Waals surface area (Å²) in [6, 6.07) is 2.91. The van der Waals surface area contributed by atoms with Crippen molar-refractivity contribution >= 4 is 31.7 Å².